The summed E-state index contributed by atoms with van der Waals surface area (Å²) >= 11 is 0. The average molecular weight is 272 g/mol. The second kappa shape index (κ2) is 4.54. The van der Waals surface area contributed by atoms with Crippen LogP contribution in [0.3, 0.4) is 0 Å². The van der Waals surface area contributed by atoms with Gasteiger partial charge in [-0.2, -0.15) is 0 Å². The van der Waals surface area contributed by atoms with E-state index in [0.29, 0.717) is 5.69 Å². The molecule has 0 saturated carbocycles. The van der Waals surface area contributed by atoms with Crippen molar-refractivity contribution in [2.45, 2.75) is 12.1 Å². The summed E-state index contributed by atoms with van der Waals surface area (Å²) < 4.78 is 22.6. The van der Waals surface area contributed by atoms with Gasteiger partial charge in [-0.15, -0.1) is 0 Å². The number of benzene rings is 1. The van der Waals surface area contributed by atoms with Crippen LogP contribution in [-0.4, -0.2) is 42.1 Å². The minimum atomic E-state index is -3.21. The number of hydrogen-bond acceptors (Lipinski definition) is 6. The summed E-state index contributed by atoms with van der Waals surface area (Å²) in [7, 11) is -3.21. The van der Waals surface area contributed by atoms with Crippen molar-refractivity contribution >= 4 is 21.2 Å². The fourth-order valence-electron chi connectivity index (χ4n) is 1.86. The minimum absolute atomic E-state index is 0.0415. The molecule has 1 fully saturated rings. The van der Waals surface area contributed by atoms with E-state index in [1.807, 2.05) is 0 Å². The van der Waals surface area contributed by atoms with E-state index in [9.17, 15) is 23.6 Å². The molecular weight excluding hydrogens is 260 g/mol. The molecule has 0 aliphatic carbocycles. The third-order valence-corrected chi connectivity index (χ3v) is 4.47. The predicted octanol–water partition coefficient (Wildman–Crippen LogP) is 0.165. The van der Waals surface area contributed by atoms with Crippen LogP contribution < -0.4 is 5.32 Å². The van der Waals surface area contributed by atoms with E-state index in [1.165, 1.54) is 24.3 Å². The molecule has 1 aliphatic rings. The number of nitro benzene ring substituents is 1. The zero-order valence-corrected chi connectivity index (χ0v) is 10.1. The Labute approximate surface area is 104 Å². The zero-order chi connectivity index (χ0) is 13.3. The number of hydrogen-bond donors (Lipinski definition) is 2. The van der Waals surface area contributed by atoms with Crippen molar-refractivity contribution in [1.29, 1.82) is 0 Å². The molecule has 0 radical (unpaired) electrons. The molecule has 18 heavy (non-hydrogen) atoms. The third-order valence-electron chi connectivity index (χ3n) is 2.75. The number of nitrogens with one attached hydrogen (secondary N) is 1. The van der Waals surface area contributed by atoms with E-state index < -0.39 is 26.9 Å². The van der Waals surface area contributed by atoms with Crippen molar-refractivity contribution < 1.29 is 18.4 Å². The summed E-state index contributed by atoms with van der Waals surface area (Å²) in [6.07, 6.45) is -0.954. The monoisotopic (exact) mass is 272 g/mol. The predicted molar refractivity (Wildman–Crippen MR) is 65.2 cm³/mol. The molecule has 0 aromatic heterocycles. The highest BCUT2D eigenvalue weighted by Gasteiger charge is 2.36. The second-order valence-corrected chi connectivity index (χ2v) is 6.35. The smallest absolute Gasteiger partial charge is 0.269 e. The highest BCUT2D eigenvalue weighted by Crippen LogP contribution is 2.20. The van der Waals surface area contributed by atoms with Crippen molar-refractivity contribution in [3.05, 3.63) is 34.4 Å². The summed E-state index contributed by atoms with van der Waals surface area (Å²) in [5.74, 6) is -0.386. The van der Waals surface area contributed by atoms with Gasteiger partial charge in [0.05, 0.1) is 28.6 Å². The fraction of sp³-hybridized carbons (Fsp3) is 0.400. The van der Waals surface area contributed by atoms with Gasteiger partial charge in [-0.05, 0) is 12.1 Å². The summed E-state index contributed by atoms with van der Waals surface area (Å²) in [5.41, 5.74) is 0.502. The van der Waals surface area contributed by atoms with Crippen molar-refractivity contribution in [2.24, 2.45) is 0 Å². The lowest BCUT2D eigenvalue weighted by molar-refractivity contribution is -0.384. The van der Waals surface area contributed by atoms with Crippen LogP contribution in [0.4, 0.5) is 11.4 Å². The Morgan fingerprint density at radius 2 is 1.89 bits per heavy atom. The molecule has 8 heteroatoms. The number of aliphatic hydroxyl groups excluding tert-OH is 1. The van der Waals surface area contributed by atoms with Crippen LogP contribution in [0.1, 0.15) is 0 Å². The first-order chi connectivity index (χ1) is 8.37. The van der Waals surface area contributed by atoms with E-state index in [0.717, 1.165) is 0 Å². The van der Waals surface area contributed by atoms with Crippen LogP contribution >= 0.6 is 0 Å². The molecule has 0 amide bonds. The number of nitro groups is 1. The molecular formula is C10H12N2O5S. The van der Waals surface area contributed by atoms with E-state index in [4.69, 9.17) is 0 Å². The SMILES string of the molecule is O=[N+]([O-])c1ccc(N[C@@H]2CS(=O)(=O)C[C@H]2O)cc1. The summed E-state index contributed by atoms with van der Waals surface area (Å²) in [4.78, 5) is 9.94. The largest absolute Gasteiger partial charge is 0.390 e. The number of nitrogens with zero attached hydrogens (tertiary/aromatic N) is 1. The van der Waals surface area contributed by atoms with Gasteiger partial charge in [0.1, 0.15) is 0 Å². The highest BCUT2D eigenvalue weighted by molar-refractivity contribution is 7.91. The molecule has 2 atom stereocenters. The zero-order valence-electron chi connectivity index (χ0n) is 9.31. The van der Waals surface area contributed by atoms with Gasteiger partial charge in [0.15, 0.2) is 9.84 Å². The Kier molecular flexibility index (Phi) is 3.22. The normalized spacial score (nSPS) is 25.8. The van der Waals surface area contributed by atoms with Gasteiger partial charge in [0.2, 0.25) is 0 Å². The Morgan fingerprint density at radius 1 is 1.28 bits per heavy atom. The molecule has 2 rings (SSSR count). The van der Waals surface area contributed by atoms with Gasteiger partial charge in [0.25, 0.3) is 5.69 Å². The molecule has 0 spiro atoms. The first-order valence-corrected chi connectivity index (χ1v) is 7.09. The lowest BCUT2D eigenvalue weighted by Gasteiger charge is -2.15. The fourth-order valence-corrected chi connectivity index (χ4v) is 3.60. The summed E-state index contributed by atoms with van der Waals surface area (Å²) in [6, 6.07) is 5.03. The molecule has 1 aliphatic heterocycles. The van der Waals surface area contributed by atoms with Crippen LogP contribution in [0, 0.1) is 10.1 Å². The molecule has 98 valence electrons. The Hall–Kier alpha value is -1.67. The summed E-state index contributed by atoms with van der Waals surface area (Å²) in [5, 5.41) is 22.9. The Balaban J connectivity index is 2.08. The topological polar surface area (TPSA) is 110 Å². The number of sulfone groups is 1. The van der Waals surface area contributed by atoms with Gasteiger partial charge in [0, 0.05) is 17.8 Å². The summed E-state index contributed by atoms with van der Waals surface area (Å²) in [6.45, 7) is 0. The molecule has 1 aromatic rings. The van der Waals surface area contributed by atoms with E-state index in [1.54, 1.807) is 0 Å². The Bertz CT molecular complexity index is 554. The molecule has 7 nitrogen and oxygen atoms in total. The molecule has 0 unspecified atom stereocenters. The van der Waals surface area contributed by atoms with Crippen LogP contribution in [-0.2, 0) is 9.84 Å². The second-order valence-electron chi connectivity index (χ2n) is 4.20. The molecule has 1 heterocycles. The molecule has 1 aromatic carbocycles. The van der Waals surface area contributed by atoms with Crippen molar-refractivity contribution in [3.63, 3.8) is 0 Å². The maximum atomic E-state index is 11.3. The average Bonchev–Trinajstić information content (AvgIpc) is 2.52. The van der Waals surface area contributed by atoms with Crippen molar-refractivity contribution in [1.82, 2.24) is 0 Å². The van der Waals surface area contributed by atoms with Gasteiger partial charge in [-0.3, -0.25) is 10.1 Å². The van der Waals surface area contributed by atoms with Crippen molar-refractivity contribution in [2.75, 3.05) is 16.8 Å². The third kappa shape index (κ3) is 2.77. The van der Waals surface area contributed by atoms with Crippen molar-refractivity contribution in [3.8, 4) is 0 Å². The minimum Gasteiger partial charge on any atom is -0.390 e. The lowest BCUT2D eigenvalue weighted by Crippen LogP contribution is -2.31. The number of rotatable bonds is 3. The van der Waals surface area contributed by atoms with Gasteiger partial charge in [-0.1, -0.05) is 0 Å². The lowest BCUT2D eigenvalue weighted by atomic mass is 10.2. The first kappa shape index (κ1) is 12.8. The number of aliphatic hydroxyl groups is 1. The van der Waals surface area contributed by atoms with Crippen LogP contribution in [0.5, 0.6) is 0 Å². The molecule has 0 bridgehead atoms. The van der Waals surface area contributed by atoms with Gasteiger partial charge < -0.3 is 10.4 Å². The molecule has 2 N–H and O–H groups in total. The number of non-ortho nitro benzene ring substituents is 1. The first-order valence-electron chi connectivity index (χ1n) is 5.27. The highest BCUT2D eigenvalue weighted by atomic mass is 32.2. The van der Waals surface area contributed by atoms with Crippen LogP contribution in [0.15, 0.2) is 24.3 Å². The maximum Gasteiger partial charge on any atom is 0.269 e. The maximum absolute atomic E-state index is 11.3. The van der Waals surface area contributed by atoms with E-state index in [-0.39, 0.29) is 17.2 Å². The standard InChI is InChI=1S/C10H12N2O5S/c13-10-6-18(16,17)5-9(10)11-7-1-3-8(4-2-7)12(14)15/h1-4,9-11,13H,5-6H2/t9-,10-/m1/s1. The number of anilines is 1. The van der Waals surface area contributed by atoms with Crippen LogP contribution in [0.25, 0.3) is 0 Å². The van der Waals surface area contributed by atoms with Gasteiger partial charge >= 0.3 is 0 Å². The quantitative estimate of drug-likeness (QED) is 0.599. The van der Waals surface area contributed by atoms with Crippen LogP contribution in [0.2, 0.25) is 0 Å². The van der Waals surface area contributed by atoms with E-state index >= 15 is 0 Å². The van der Waals surface area contributed by atoms with E-state index in [2.05, 4.69) is 5.32 Å². The Morgan fingerprint density at radius 3 is 2.33 bits per heavy atom. The van der Waals surface area contributed by atoms with Gasteiger partial charge in [-0.25, -0.2) is 8.42 Å². The molecule has 1 saturated heterocycles.